The van der Waals surface area contributed by atoms with E-state index in [2.05, 4.69) is 26.1 Å². The van der Waals surface area contributed by atoms with Gasteiger partial charge < -0.3 is 10.4 Å². The minimum Gasteiger partial charge on any atom is -0.395 e. The van der Waals surface area contributed by atoms with Crippen molar-refractivity contribution in [2.75, 3.05) is 6.61 Å². The molecule has 0 fully saturated rings. The van der Waals surface area contributed by atoms with Crippen LogP contribution in [0.4, 0.5) is 0 Å². The second-order valence-electron chi connectivity index (χ2n) is 3.85. The highest BCUT2D eigenvalue weighted by molar-refractivity contribution is 4.69. The predicted molar refractivity (Wildman–Crippen MR) is 57.9 cm³/mol. The lowest BCUT2D eigenvalue weighted by atomic mass is 10.1. The monoisotopic (exact) mass is 187 g/mol. The van der Waals surface area contributed by atoms with Crippen molar-refractivity contribution in [2.24, 2.45) is 0 Å². The molecule has 0 saturated carbocycles. The molecule has 0 heterocycles. The van der Waals surface area contributed by atoms with E-state index in [0.29, 0.717) is 12.1 Å². The van der Waals surface area contributed by atoms with Gasteiger partial charge in [-0.25, -0.2) is 0 Å². The third kappa shape index (κ3) is 7.03. The molecule has 0 aromatic carbocycles. The molecule has 0 aliphatic rings. The van der Waals surface area contributed by atoms with Crippen molar-refractivity contribution in [3.8, 4) is 0 Å². The van der Waals surface area contributed by atoms with Gasteiger partial charge in [-0.3, -0.25) is 0 Å². The Morgan fingerprint density at radius 1 is 1.23 bits per heavy atom. The molecule has 0 radical (unpaired) electrons. The second-order valence-corrected chi connectivity index (χ2v) is 3.85. The van der Waals surface area contributed by atoms with E-state index in [1.165, 1.54) is 19.3 Å². The van der Waals surface area contributed by atoms with Crippen molar-refractivity contribution >= 4 is 0 Å². The first-order chi connectivity index (χ1) is 6.24. The van der Waals surface area contributed by atoms with Crippen LogP contribution in [0.3, 0.4) is 0 Å². The number of hydrogen-bond acceptors (Lipinski definition) is 2. The van der Waals surface area contributed by atoms with E-state index in [4.69, 9.17) is 5.11 Å². The molecule has 0 aliphatic carbocycles. The molecular formula is C11H25NO. The minimum atomic E-state index is 0.272. The summed E-state index contributed by atoms with van der Waals surface area (Å²) in [6.45, 7) is 6.81. The van der Waals surface area contributed by atoms with Gasteiger partial charge in [-0.05, 0) is 19.8 Å². The molecule has 2 unspecified atom stereocenters. The first-order valence-corrected chi connectivity index (χ1v) is 5.61. The summed E-state index contributed by atoms with van der Waals surface area (Å²) >= 11 is 0. The molecule has 0 saturated heterocycles. The van der Waals surface area contributed by atoms with E-state index >= 15 is 0 Å². The van der Waals surface area contributed by atoms with Gasteiger partial charge in [0.15, 0.2) is 0 Å². The highest BCUT2D eigenvalue weighted by Crippen LogP contribution is 2.04. The number of aliphatic hydroxyl groups excluding tert-OH is 1. The Kier molecular flexibility index (Phi) is 8.46. The van der Waals surface area contributed by atoms with E-state index in [1.807, 2.05) is 0 Å². The van der Waals surface area contributed by atoms with Crippen LogP contribution in [-0.2, 0) is 0 Å². The van der Waals surface area contributed by atoms with Gasteiger partial charge in [0.25, 0.3) is 0 Å². The molecular weight excluding hydrogens is 162 g/mol. The van der Waals surface area contributed by atoms with Gasteiger partial charge in [-0.2, -0.15) is 0 Å². The number of rotatable bonds is 8. The Bertz CT molecular complexity index is 106. The van der Waals surface area contributed by atoms with E-state index < -0.39 is 0 Å². The average Bonchev–Trinajstić information content (AvgIpc) is 2.16. The second kappa shape index (κ2) is 8.52. The molecule has 0 aromatic heterocycles. The van der Waals surface area contributed by atoms with E-state index in [9.17, 15) is 0 Å². The Morgan fingerprint density at radius 2 is 1.92 bits per heavy atom. The largest absolute Gasteiger partial charge is 0.395 e. The molecule has 0 bridgehead atoms. The van der Waals surface area contributed by atoms with E-state index in [1.54, 1.807) is 0 Å². The average molecular weight is 187 g/mol. The van der Waals surface area contributed by atoms with Gasteiger partial charge in [0.1, 0.15) is 0 Å². The first kappa shape index (κ1) is 12.9. The van der Waals surface area contributed by atoms with Crippen molar-refractivity contribution in [2.45, 2.75) is 65.0 Å². The van der Waals surface area contributed by atoms with Crippen LogP contribution in [0.25, 0.3) is 0 Å². The molecule has 2 heteroatoms. The van der Waals surface area contributed by atoms with Crippen molar-refractivity contribution < 1.29 is 5.11 Å². The number of nitrogens with one attached hydrogen (secondary N) is 1. The zero-order chi connectivity index (χ0) is 10.1. The standard InChI is InChI=1S/C11H25NO/c1-4-6-7-8-11(9-13)12-10(3)5-2/h10-13H,4-9H2,1-3H3. The Balaban J connectivity index is 3.50. The van der Waals surface area contributed by atoms with E-state index in [-0.39, 0.29) is 6.61 Å². The third-order valence-electron chi connectivity index (χ3n) is 2.51. The maximum atomic E-state index is 9.11. The SMILES string of the molecule is CCCCCC(CO)NC(C)CC. The van der Waals surface area contributed by atoms with Crippen LogP contribution < -0.4 is 5.32 Å². The maximum Gasteiger partial charge on any atom is 0.0584 e. The Morgan fingerprint density at radius 3 is 2.38 bits per heavy atom. The maximum absolute atomic E-state index is 9.11. The molecule has 0 aliphatic heterocycles. The zero-order valence-corrected chi connectivity index (χ0v) is 9.34. The van der Waals surface area contributed by atoms with Gasteiger partial charge in [-0.1, -0.05) is 33.1 Å². The molecule has 2 N–H and O–H groups in total. The summed E-state index contributed by atoms with van der Waals surface area (Å²) < 4.78 is 0. The fourth-order valence-electron chi connectivity index (χ4n) is 1.39. The van der Waals surface area contributed by atoms with Crippen LogP contribution in [0, 0.1) is 0 Å². The van der Waals surface area contributed by atoms with Crippen molar-refractivity contribution in [1.29, 1.82) is 0 Å². The summed E-state index contributed by atoms with van der Waals surface area (Å²) in [4.78, 5) is 0. The highest BCUT2D eigenvalue weighted by atomic mass is 16.3. The summed E-state index contributed by atoms with van der Waals surface area (Å²) in [5, 5.41) is 12.5. The van der Waals surface area contributed by atoms with Gasteiger partial charge in [0.2, 0.25) is 0 Å². The van der Waals surface area contributed by atoms with Crippen molar-refractivity contribution in [3.63, 3.8) is 0 Å². The van der Waals surface area contributed by atoms with Crippen LogP contribution in [0.1, 0.15) is 52.9 Å². The summed E-state index contributed by atoms with van der Waals surface area (Å²) in [6, 6.07) is 0.834. The topological polar surface area (TPSA) is 32.3 Å². The fourth-order valence-corrected chi connectivity index (χ4v) is 1.39. The molecule has 80 valence electrons. The molecule has 2 nitrogen and oxygen atoms in total. The normalized spacial score (nSPS) is 15.7. The van der Waals surface area contributed by atoms with Crippen LogP contribution in [0.15, 0.2) is 0 Å². The number of hydrogen-bond donors (Lipinski definition) is 2. The van der Waals surface area contributed by atoms with Crippen LogP contribution in [0.2, 0.25) is 0 Å². The van der Waals surface area contributed by atoms with Crippen LogP contribution in [-0.4, -0.2) is 23.8 Å². The molecule has 13 heavy (non-hydrogen) atoms. The molecule has 0 rings (SSSR count). The molecule has 2 atom stereocenters. The van der Waals surface area contributed by atoms with Gasteiger partial charge in [0, 0.05) is 12.1 Å². The Labute approximate surface area is 82.7 Å². The van der Waals surface area contributed by atoms with Crippen LogP contribution in [0.5, 0.6) is 0 Å². The zero-order valence-electron chi connectivity index (χ0n) is 9.34. The summed E-state index contributed by atoms with van der Waals surface area (Å²) in [5.74, 6) is 0. The lowest BCUT2D eigenvalue weighted by molar-refractivity contribution is 0.222. The van der Waals surface area contributed by atoms with Gasteiger partial charge >= 0.3 is 0 Å². The number of aliphatic hydroxyl groups is 1. The number of unbranched alkanes of at least 4 members (excludes halogenated alkanes) is 2. The molecule has 0 aromatic rings. The Hall–Kier alpha value is -0.0800. The quantitative estimate of drug-likeness (QED) is 0.572. The smallest absolute Gasteiger partial charge is 0.0584 e. The van der Waals surface area contributed by atoms with Gasteiger partial charge in [0.05, 0.1) is 6.61 Å². The van der Waals surface area contributed by atoms with Crippen LogP contribution >= 0.6 is 0 Å². The highest BCUT2D eigenvalue weighted by Gasteiger charge is 2.08. The van der Waals surface area contributed by atoms with Crippen molar-refractivity contribution in [1.82, 2.24) is 5.32 Å². The summed E-state index contributed by atoms with van der Waals surface area (Å²) in [6.07, 6.45) is 5.99. The van der Waals surface area contributed by atoms with Gasteiger partial charge in [-0.15, -0.1) is 0 Å². The first-order valence-electron chi connectivity index (χ1n) is 5.61. The minimum absolute atomic E-state index is 0.272. The summed E-state index contributed by atoms with van der Waals surface area (Å²) in [7, 11) is 0. The molecule has 0 amide bonds. The third-order valence-corrected chi connectivity index (χ3v) is 2.51. The lowest BCUT2D eigenvalue weighted by Crippen LogP contribution is -2.38. The molecule has 0 spiro atoms. The lowest BCUT2D eigenvalue weighted by Gasteiger charge is -2.20. The summed E-state index contributed by atoms with van der Waals surface area (Å²) in [5.41, 5.74) is 0. The van der Waals surface area contributed by atoms with Crippen molar-refractivity contribution in [3.05, 3.63) is 0 Å². The van der Waals surface area contributed by atoms with E-state index in [0.717, 1.165) is 12.8 Å². The fraction of sp³-hybridized carbons (Fsp3) is 1.00. The predicted octanol–water partition coefficient (Wildman–Crippen LogP) is 2.32.